The Labute approximate surface area is 71.5 Å². The molecule has 60 valence electrons. The number of nitrogens with zero attached hydrogens (tertiary/aromatic N) is 1. The fourth-order valence-electron chi connectivity index (χ4n) is 0.982. The third-order valence-corrected chi connectivity index (χ3v) is 3.10. The normalized spacial score (nSPS) is 10.0. The van der Waals surface area contributed by atoms with E-state index in [4.69, 9.17) is 0 Å². The van der Waals surface area contributed by atoms with Gasteiger partial charge in [-0.15, -0.1) is 0 Å². The van der Waals surface area contributed by atoms with E-state index in [0.717, 1.165) is 16.9 Å². The largest absolute Gasteiger partial charge is 0.407 e. The first-order valence-electron chi connectivity index (χ1n) is 4.02. The lowest BCUT2D eigenvalue weighted by atomic mass is 10.2. The van der Waals surface area contributed by atoms with Gasteiger partial charge in [-0.05, 0) is 26.0 Å². The molecule has 0 radical (unpaired) electrons. The molecule has 1 rings (SSSR count). The molecule has 0 N–H and O–H groups in total. The van der Waals surface area contributed by atoms with Crippen LogP contribution >= 0.6 is 0 Å². The Bertz CT molecular complexity index is 218. The van der Waals surface area contributed by atoms with E-state index in [1.54, 1.807) is 0 Å². The highest BCUT2D eigenvalue weighted by Gasteiger charge is 1.94. The molecule has 0 saturated heterocycles. The van der Waals surface area contributed by atoms with E-state index in [1.165, 1.54) is 11.3 Å². The molecule has 0 aliphatic heterocycles. The van der Waals surface area contributed by atoms with E-state index in [2.05, 4.69) is 42.7 Å². The molecule has 1 aromatic rings. The van der Waals surface area contributed by atoms with Crippen molar-refractivity contribution in [2.24, 2.45) is 0 Å². The highest BCUT2D eigenvalue weighted by molar-refractivity contribution is 6.17. The number of benzene rings is 1. The Morgan fingerprint density at radius 1 is 1.27 bits per heavy atom. The van der Waals surface area contributed by atoms with E-state index in [0.29, 0.717) is 0 Å². The van der Waals surface area contributed by atoms with Gasteiger partial charge in [-0.25, -0.2) is 0 Å². The molecule has 0 aliphatic rings. The van der Waals surface area contributed by atoms with Crippen LogP contribution in [0, 0.1) is 6.92 Å². The maximum absolute atomic E-state index is 2.36. The first kappa shape index (κ1) is 8.33. The van der Waals surface area contributed by atoms with Gasteiger partial charge in [0.1, 0.15) is 10.4 Å². The van der Waals surface area contributed by atoms with Crippen LogP contribution < -0.4 is 4.57 Å². The first-order valence-corrected chi connectivity index (χ1v) is 4.91. The summed E-state index contributed by atoms with van der Waals surface area (Å²) in [5.74, 6) is 0. The molecule has 1 aromatic carbocycles. The van der Waals surface area contributed by atoms with Crippen LogP contribution in [0.15, 0.2) is 24.3 Å². The summed E-state index contributed by atoms with van der Waals surface area (Å²) in [7, 11) is 1.11. The predicted molar refractivity (Wildman–Crippen MR) is 54.1 cm³/mol. The van der Waals surface area contributed by atoms with Crippen LogP contribution in [0.1, 0.15) is 12.5 Å². The maximum Gasteiger partial charge on any atom is 0.107 e. The number of anilines is 1. The van der Waals surface area contributed by atoms with Crippen LogP contribution in [0.2, 0.25) is 0 Å². The zero-order valence-electron chi connectivity index (χ0n) is 7.46. The van der Waals surface area contributed by atoms with Gasteiger partial charge in [-0.1, -0.05) is 17.7 Å². The highest BCUT2D eigenvalue weighted by atomic mass is 28.2. The Hall–Kier alpha value is -0.763. The molecule has 0 unspecified atom stereocenters. The standard InChI is InChI=1S/C9H15NSi/c1-3-10(11)9-6-4-8(2)5-7-9/h4-7H,3H2,1-2,11H3. The molecule has 0 heterocycles. The summed E-state index contributed by atoms with van der Waals surface area (Å²) in [4.78, 5) is 0. The van der Waals surface area contributed by atoms with Crippen LogP contribution in [0.25, 0.3) is 0 Å². The summed E-state index contributed by atoms with van der Waals surface area (Å²) in [6, 6.07) is 8.70. The van der Waals surface area contributed by atoms with Crippen molar-refractivity contribution in [2.75, 3.05) is 11.1 Å². The first-order chi connectivity index (χ1) is 5.24. The van der Waals surface area contributed by atoms with Gasteiger partial charge >= 0.3 is 0 Å². The van der Waals surface area contributed by atoms with Crippen LogP contribution in [-0.4, -0.2) is 16.9 Å². The minimum atomic E-state index is 1.11. The van der Waals surface area contributed by atoms with Crippen molar-refractivity contribution in [1.29, 1.82) is 0 Å². The number of hydrogen-bond donors (Lipinski definition) is 0. The lowest BCUT2D eigenvalue weighted by Crippen LogP contribution is -2.17. The van der Waals surface area contributed by atoms with Crippen molar-refractivity contribution < 1.29 is 0 Å². The molecule has 0 bridgehead atoms. The Balaban J connectivity index is 2.81. The Morgan fingerprint density at radius 2 is 1.82 bits per heavy atom. The van der Waals surface area contributed by atoms with Gasteiger partial charge in [0, 0.05) is 12.2 Å². The van der Waals surface area contributed by atoms with E-state index < -0.39 is 0 Å². The molecule has 2 heteroatoms. The number of rotatable bonds is 2. The van der Waals surface area contributed by atoms with E-state index in [-0.39, 0.29) is 0 Å². The lowest BCUT2D eigenvalue weighted by Gasteiger charge is -2.16. The van der Waals surface area contributed by atoms with E-state index in [9.17, 15) is 0 Å². The molecule has 0 amide bonds. The van der Waals surface area contributed by atoms with Gasteiger partial charge < -0.3 is 4.57 Å². The fourth-order valence-corrected chi connectivity index (χ4v) is 1.28. The third kappa shape index (κ3) is 2.08. The van der Waals surface area contributed by atoms with Gasteiger partial charge in [0.2, 0.25) is 0 Å². The van der Waals surface area contributed by atoms with Gasteiger partial charge in [0.05, 0.1) is 0 Å². The van der Waals surface area contributed by atoms with Gasteiger partial charge in [0.25, 0.3) is 0 Å². The van der Waals surface area contributed by atoms with Crippen LogP contribution in [-0.2, 0) is 0 Å². The average molecular weight is 165 g/mol. The van der Waals surface area contributed by atoms with E-state index >= 15 is 0 Å². The topological polar surface area (TPSA) is 3.24 Å². The molecular weight excluding hydrogens is 150 g/mol. The van der Waals surface area contributed by atoms with Crippen LogP contribution in [0.3, 0.4) is 0 Å². The molecule has 1 nitrogen and oxygen atoms in total. The molecule has 0 fully saturated rings. The number of hydrogen-bond acceptors (Lipinski definition) is 1. The monoisotopic (exact) mass is 165 g/mol. The number of aryl methyl sites for hydroxylation is 1. The molecular formula is C9H15NSi. The highest BCUT2D eigenvalue weighted by Crippen LogP contribution is 2.11. The minimum Gasteiger partial charge on any atom is -0.407 e. The van der Waals surface area contributed by atoms with Crippen molar-refractivity contribution in [3.8, 4) is 0 Å². The molecule has 11 heavy (non-hydrogen) atoms. The predicted octanol–water partition coefficient (Wildman–Crippen LogP) is 1.10. The summed E-state index contributed by atoms with van der Waals surface area (Å²) >= 11 is 0. The fraction of sp³-hybridized carbons (Fsp3) is 0.333. The van der Waals surface area contributed by atoms with Gasteiger partial charge in [0.15, 0.2) is 0 Å². The summed E-state index contributed by atoms with van der Waals surface area (Å²) in [6.45, 7) is 5.43. The molecule has 0 aliphatic carbocycles. The van der Waals surface area contributed by atoms with Crippen molar-refractivity contribution in [1.82, 2.24) is 0 Å². The SMILES string of the molecule is CCN([SiH3])c1ccc(C)cc1. The molecule has 0 saturated carbocycles. The molecule has 0 spiro atoms. The summed E-state index contributed by atoms with van der Waals surface area (Å²) in [5.41, 5.74) is 2.68. The zero-order chi connectivity index (χ0) is 8.27. The van der Waals surface area contributed by atoms with Crippen molar-refractivity contribution in [3.05, 3.63) is 29.8 Å². The second kappa shape index (κ2) is 3.58. The smallest absolute Gasteiger partial charge is 0.107 e. The zero-order valence-corrected chi connectivity index (χ0v) is 9.46. The third-order valence-electron chi connectivity index (χ3n) is 1.95. The van der Waals surface area contributed by atoms with Crippen molar-refractivity contribution in [3.63, 3.8) is 0 Å². The van der Waals surface area contributed by atoms with Crippen molar-refractivity contribution >= 4 is 16.1 Å². The summed E-state index contributed by atoms with van der Waals surface area (Å²) in [5, 5.41) is 0. The molecule has 0 atom stereocenters. The lowest BCUT2D eigenvalue weighted by molar-refractivity contribution is 1.10. The second-order valence-electron chi connectivity index (χ2n) is 2.85. The summed E-state index contributed by atoms with van der Waals surface area (Å²) < 4.78 is 2.36. The van der Waals surface area contributed by atoms with Gasteiger partial charge in [-0.3, -0.25) is 0 Å². The average Bonchev–Trinajstić information content (AvgIpc) is 2.05. The Kier molecular flexibility index (Phi) is 2.71. The van der Waals surface area contributed by atoms with Crippen LogP contribution in [0.5, 0.6) is 0 Å². The minimum absolute atomic E-state index is 1.11. The van der Waals surface area contributed by atoms with Gasteiger partial charge in [-0.2, -0.15) is 0 Å². The maximum atomic E-state index is 2.36. The quantitative estimate of drug-likeness (QED) is 0.593. The Morgan fingerprint density at radius 3 is 2.27 bits per heavy atom. The van der Waals surface area contributed by atoms with Crippen LogP contribution in [0.4, 0.5) is 5.69 Å². The second-order valence-corrected chi connectivity index (χ2v) is 3.93. The summed E-state index contributed by atoms with van der Waals surface area (Å²) in [6.07, 6.45) is 0. The molecule has 0 aromatic heterocycles. The van der Waals surface area contributed by atoms with E-state index in [1.807, 2.05) is 0 Å². The van der Waals surface area contributed by atoms with Crippen molar-refractivity contribution in [2.45, 2.75) is 13.8 Å².